The lowest BCUT2D eigenvalue weighted by molar-refractivity contribution is 0.0616. The van der Waals surface area contributed by atoms with E-state index in [0.29, 0.717) is 17.9 Å². The lowest BCUT2D eigenvalue weighted by atomic mass is 9.90. The van der Waals surface area contributed by atoms with Crippen molar-refractivity contribution in [1.29, 1.82) is 0 Å². The Morgan fingerprint density at radius 2 is 2.12 bits per heavy atom. The van der Waals surface area contributed by atoms with Crippen LogP contribution in [0.15, 0.2) is 33.3 Å². The molecule has 3 rings (SSSR count). The van der Waals surface area contributed by atoms with Gasteiger partial charge in [-0.2, -0.15) is 0 Å². The molecule has 0 amide bonds. The van der Waals surface area contributed by atoms with E-state index in [-0.39, 0.29) is 17.4 Å². The molecule has 1 aliphatic rings. The zero-order valence-electron chi connectivity index (χ0n) is 13.8. The molecular weight excluding hydrogens is 326 g/mol. The summed E-state index contributed by atoms with van der Waals surface area (Å²) in [6, 6.07) is 3.97. The Morgan fingerprint density at radius 1 is 1.38 bits per heavy atom. The van der Waals surface area contributed by atoms with E-state index in [4.69, 9.17) is 0 Å². The first-order chi connectivity index (χ1) is 11.6. The summed E-state index contributed by atoms with van der Waals surface area (Å²) in [5, 5.41) is 12.4. The topological polar surface area (TPSA) is 78.3 Å². The van der Waals surface area contributed by atoms with Crippen molar-refractivity contribution in [3.8, 4) is 0 Å². The Morgan fingerprint density at radius 3 is 2.79 bits per heavy atom. The minimum Gasteiger partial charge on any atom is -0.387 e. The number of piperidine rings is 1. The van der Waals surface area contributed by atoms with Crippen molar-refractivity contribution in [2.24, 2.45) is 13.0 Å². The molecule has 0 aliphatic carbocycles. The largest absolute Gasteiger partial charge is 0.387 e. The van der Waals surface area contributed by atoms with Gasteiger partial charge in [0.1, 0.15) is 0 Å². The summed E-state index contributed by atoms with van der Waals surface area (Å²) in [6.07, 6.45) is 3.71. The highest BCUT2D eigenvalue weighted by Gasteiger charge is 2.26. The number of aromatic nitrogens is 2. The van der Waals surface area contributed by atoms with E-state index >= 15 is 0 Å². The van der Waals surface area contributed by atoms with Gasteiger partial charge in [0, 0.05) is 30.2 Å². The van der Waals surface area contributed by atoms with E-state index in [0.717, 1.165) is 41.9 Å². The molecule has 2 aromatic rings. The molecule has 2 aromatic heterocycles. The summed E-state index contributed by atoms with van der Waals surface area (Å²) in [6.45, 7) is 2.65. The number of likely N-dealkylation sites (tertiary alicyclic amines) is 1. The standard InChI is InChI=1S/C17H23N3O3S/c1-19-16(22)13(11-18-17(19)23)6-9-20-7-4-12(5-8-20)15(21)14-3-2-10-24-14/h2-3,10-12,15,21H,4-9H2,1H3,(H,18,23). The summed E-state index contributed by atoms with van der Waals surface area (Å²) in [5.41, 5.74) is 0.0340. The van der Waals surface area contributed by atoms with Gasteiger partial charge in [0.2, 0.25) is 0 Å². The lowest BCUT2D eigenvalue weighted by Gasteiger charge is -2.33. The number of aromatic amines is 1. The number of nitrogens with zero attached hydrogens (tertiary/aromatic N) is 2. The highest BCUT2D eigenvalue weighted by molar-refractivity contribution is 7.10. The van der Waals surface area contributed by atoms with Crippen LogP contribution in [-0.2, 0) is 13.5 Å². The van der Waals surface area contributed by atoms with Crippen LogP contribution in [0.5, 0.6) is 0 Å². The molecule has 1 aliphatic heterocycles. The molecule has 0 radical (unpaired) electrons. The number of aliphatic hydroxyl groups is 1. The van der Waals surface area contributed by atoms with E-state index in [1.165, 1.54) is 13.2 Å². The van der Waals surface area contributed by atoms with E-state index in [1.807, 2.05) is 17.5 Å². The predicted octanol–water partition coefficient (Wildman–Crippen LogP) is 1.12. The van der Waals surface area contributed by atoms with Crippen LogP contribution in [0, 0.1) is 5.92 Å². The van der Waals surface area contributed by atoms with Crippen molar-refractivity contribution in [2.75, 3.05) is 19.6 Å². The summed E-state index contributed by atoms with van der Waals surface area (Å²) in [5.74, 6) is 0.306. The van der Waals surface area contributed by atoms with Crippen molar-refractivity contribution >= 4 is 11.3 Å². The molecule has 130 valence electrons. The van der Waals surface area contributed by atoms with Crippen LogP contribution < -0.4 is 11.2 Å². The van der Waals surface area contributed by atoms with Crippen molar-refractivity contribution in [3.05, 3.63) is 55.0 Å². The minimum atomic E-state index is -0.382. The smallest absolute Gasteiger partial charge is 0.328 e. The van der Waals surface area contributed by atoms with Crippen molar-refractivity contribution in [1.82, 2.24) is 14.5 Å². The Kier molecular flexibility index (Phi) is 5.33. The Balaban J connectivity index is 1.52. The number of thiophene rings is 1. The molecule has 0 spiro atoms. The van der Waals surface area contributed by atoms with E-state index in [1.54, 1.807) is 11.3 Å². The minimum absolute atomic E-state index is 0.221. The lowest BCUT2D eigenvalue weighted by Crippen LogP contribution is -2.39. The Hall–Kier alpha value is -1.70. The van der Waals surface area contributed by atoms with E-state index in [2.05, 4.69) is 9.88 Å². The van der Waals surface area contributed by atoms with E-state index in [9.17, 15) is 14.7 Å². The Bertz CT molecular complexity index is 773. The molecule has 0 aromatic carbocycles. The van der Waals surface area contributed by atoms with Gasteiger partial charge in [-0.15, -0.1) is 11.3 Å². The molecule has 2 N–H and O–H groups in total. The average molecular weight is 349 g/mol. The van der Waals surface area contributed by atoms with Crippen molar-refractivity contribution in [3.63, 3.8) is 0 Å². The third-order valence-electron chi connectivity index (χ3n) is 4.86. The molecule has 0 saturated carbocycles. The average Bonchev–Trinajstić information content (AvgIpc) is 3.13. The Labute approximate surface area is 144 Å². The maximum atomic E-state index is 12.0. The van der Waals surface area contributed by atoms with Gasteiger partial charge in [-0.05, 0) is 49.7 Å². The maximum absolute atomic E-state index is 12.0. The number of H-pyrrole nitrogens is 1. The van der Waals surface area contributed by atoms with Crippen molar-refractivity contribution < 1.29 is 5.11 Å². The number of hydrogen-bond donors (Lipinski definition) is 2. The van der Waals surface area contributed by atoms with Gasteiger partial charge >= 0.3 is 5.69 Å². The first-order valence-corrected chi connectivity index (χ1v) is 9.15. The van der Waals surface area contributed by atoms with E-state index < -0.39 is 0 Å². The monoisotopic (exact) mass is 349 g/mol. The predicted molar refractivity (Wildman–Crippen MR) is 94.5 cm³/mol. The third-order valence-corrected chi connectivity index (χ3v) is 5.81. The molecule has 1 fully saturated rings. The highest BCUT2D eigenvalue weighted by atomic mass is 32.1. The van der Waals surface area contributed by atoms with Crippen LogP contribution in [0.25, 0.3) is 0 Å². The van der Waals surface area contributed by atoms with Gasteiger partial charge in [-0.1, -0.05) is 6.07 Å². The summed E-state index contributed by atoms with van der Waals surface area (Å²) in [7, 11) is 1.49. The number of nitrogens with one attached hydrogen (secondary N) is 1. The second-order valence-electron chi connectivity index (χ2n) is 6.37. The second-order valence-corrected chi connectivity index (χ2v) is 7.35. The first-order valence-electron chi connectivity index (χ1n) is 8.27. The molecule has 3 heterocycles. The van der Waals surface area contributed by atoms with Crippen LogP contribution in [-0.4, -0.2) is 39.2 Å². The number of rotatable bonds is 5. The van der Waals surface area contributed by atoms with Gasteiger partial charge in [-0.3, -0.25) is 9.36 Å². The molecule has 1 saturated heterocycles. The molecule has 24 heavy (non-hydrogen) atoms. The summed E-state index contributed by atoms with van der Waals surface area (Å²) in [4.78, 5) is 29.4. The zero-order valence-corrected chi connectivity index (χ0v) is 14.6. The van der Waals surface area contributed by atoms with Crippen LogP contribution in [0.3, 0.4) is 0 Å². The molecule has 7 heteroatoms. The van der Waals surface area contributed by atoms with Crippen LogP contribution in [0.1, 0.15) is 29.4 Å². The van der Waals surface area contributed by atoms with Gasteiger partial charge < -0.3 is 15.0 Å². The number of aliphatic hydroxyl groups excluding tert-OH is 1. The van der Waals surface area contributed by atoms with Gasteiger partial charge in [0.05, 0.1) is 6.10 Å². The fourth-order valence-corrected chi connectivity index (χ4v) is 4.06. The molecule has 1 atom stereocenters. The summed E-state index contributed by atoms with van der Waals surface area (Å²) < 4.78 is 1.11. The third kappa shape index (κ3) is 3.68. The van der Waals surface area contributed by atoms with Gasteiger partial charge in [0.25, 0.3) is 5.56 Å². The zero-order chi connectivity index (χ0) is 17.1. The van der Waals surface area contributed by atoms with Crippen LogP contribution in [0.4, 0.5) is 0 Å². The molecular formula is C17H23N3O3S. The molecule has 1 unspecified atom stereocenters. The van der Waals surface area contributed by atoms with Gasteiger partial charge in [-0.25, -0.2) is 4.79 Å². The quantitative estimate of drug-likeness (QED) is 0.848. The first kappa shape index (κ1) is 17.1. The highest BCUT2D eigenvalue weighted by Crippen LogP contribution is 2.32. The fourth-order valence-electron chi connectivity index (χ4n) is 3.26. The second kappa shape index (κ2) is 7.46. The molecule has 6 nitrogen and oxygen atoms in total. The fraction of sp³-hybridized carbons (Fsp3) is 0.529. The van der Waals surface area contributed by atoms with Crippen molar-refractivity contribution in [2.45, 2.75) is 25.4 Å². The van der Waals surface area contributed by atoms with Crippen LogP contribution in [0.2, 0.25) is 0 Å². The SMILES string of the molecule is Cn1c(=O)[nH]cc(CCN2CCC(C(O)c3cccs3)CC2)c1=O. The summed E-state index contributed by atoms with van der Waals surface area (Å²) >= 11 is 1.61. The number of hydrogen-bond acceptors (Lipinski definition) is 5. The normalized spacial score (nSPS) is 17.9. The maximum Gasteiger partial charge on any atom is 0.328 e. The van der Waals surface area contributed by atoms with Crippen LogP contribution >= 0.6 is 11.3 Å². The van der Waals surface area contributed by atoms with Gasteiger partial charge in [0.15, 0.2) is 0 Å². The molecule has 0 bridgehead atoms.